The standard InChI is InChI=1S/C20H33N5O3/c1-5-21-20(23-8-7-22-15(2)26)24-17-6-9-25(14-17)13-16-10-18(27-3)12-19(11-16)28-4/h10-12,17H,5-9,13-14H2,1-4H3,(H,22,26)(H2,21,23,24). The fraction of sp³-hybridized carbons (Fsp3) is 0.600. The quantitative estimate of drug-likeness (QED) is 0.330. The van der Waals surface area contributed by atoms with Crippen molar-refractivity contribution in [1.29, 1.82) is 0 Å². The number of hydrogen-bond acceptors (Lipinski definition) is 5. The maximum atomic E-state index is 10.9. The van der Waals surface area contributed by atoms with E-state index in [4.69, 9.17) is 9.47 Å². The van der Waals surface area contributed by atoms with E-state index >= 15 is 0 Å². The van der Waals surface area contributed by atoms with Crippen LogP contribution in [0, 0.1) is 0 Å². The molecule has 1 aromatic rings. The van der Waals surface area contributed by atoms with Crippen molar-refractivity contribution in [2.45, 2.75) is 32.9 Å². The molecule has 1 fully saturated rings. The van der Waals surface area contributed by atoms with Gasteiger partial charge in [-0.05, 0) is 31.0 Å². The number of ether oxygens (including phenoxy) is 2. The van der Waals surface area contributed by atoms with Crippen molar-refractivity contribution in [3.05, 3.63) is 23.8 Å². The van der Waals surface area contributed by atoms with Gasteiger partial charge < -0.3 is 25.4 Å². The molecule has 1 unspecified atom stereocenters. The molecule has 0 aromatic heterocycles. The maximum absolute atomic E-state index is 10.9. The van der Waals surface area contributed by atoms with Gasteiger partial charge in [0.15, 0.2) is 5.96 Å². The zero-order chi connectivity index (χ0) is 20.4. The van der Waals surface area contributed by atoms with Crippen LogP contribution in [0.25, 0.3) is 0 Å². The lowest BCUT2D eigenvalue weighted by molar-refractivity contribution is -0.118. The summed E-state index contributed by atoms with van der Waals surface area (Å²) >= 11 is 0. The minimum Gasteiger partial charge on any atom is -0.497 e. The molecule has 8 heteroatoms. The van der Waals surface area contributed by atoms with Gasteiger partial charge in [-0.15, -0.1) is 0 Å². The fourth-order valence-corrected chi connectivity index (χ4v) is 3.22. The van der Waals surface area contributed by atoms with Crippen molar-refractivity contribution in [1.82, 2.24) is 20.9 Å². The summed E-state index contributed by atoms with van der Waals surface area (Å²) in [5.41, 5.74) is 1.17. The molecule has 1 amide bonds. The van der Waals surface area contributed by atoms with Crippen LogP contribution in [-0.2, 0) is 11.3 Å². The molecule has 1 heterocycles. The lowest BCUT2D eigenvalue weighted by atomic mass is 10.2. The Hall–Kier alpha value is -2.48. The van der Waals surface area contributed by atoms with Crippen molar-refractivity contribution in [3.63, 3.8) is 0 Å². The zero-order valence-electron chi connectivity index (χ0n) is 17.4. The van der Waals surface area contributed by atoms with E-state index in [1.165, 1.54) is 12.5 Å². The second kappa shape index (κ2) is 11.4. The first-order valence-corrected chi connectivity index (χ1v) is 9.77. The van der Waals surface area contributed by atoms with Crippen molar-refractivity contribution < 1.29 is 14.3 Å². The molecular formula is C20H33N5O3. The molecule has 1 atom stereocenters. The highest BCUT2D eigenvalue weighted by molar-refractivity contribution is 5.80. The van der Waals surface area contributed by atoms with Crippen LogP contribution in [0.15, 0.2) is 23.2 Å². The number of nitrogens with zero attached hydrogens (tertiary/aromatic N) is 2. The van der Waals surface area contributed by atoms with Crippen molar-refractivity contribution in [2.24, 2.45) is 4.99 Å². The smallest absolute Gasteiger partial charge is 0.216 e. The minimum atomic E-state index is -0.0335. The molecule has 1 aliphatic heterocycles. The highest BCUT2D eigenvalue weighted by Gasteiger charge is 2.23. The van der Waals surface area contributed by atoms with Crippen LogP contribution in [0.4, 0.5) is 0 Å². The molecule has 1 saturated heterocycles. The normalized spacial score (nSPS) is 17.3. The lowest BCUT2D eigenvalue weighted by Crippen LogP contribution is -2.44. The maximum Gasteiger partial charge on any atom is 0.216 e. The minimum absolute atomic E-state index is 0.0335. The molecule has 1 aromatic carbocycles. The number of likely N-dealkylation sites (tertiary alicyclic amines) is 1. The first kappa shape index (κ1) is 21.8. The van der Waals surface area contributed by atoms with Gasteiger partial charge in [0, 0.05) is 51.8 Å². The van der Waals surface area contributed by atoms with Crippen molar-refractivity contribution >= 4 is 11.9 Å². The number of benzene rings is 1. The van der Waals surface area contributed by atoms with E-state index in [-0.39, 0.29) is 5.91 Å². The van der Waals surface area contributed by atoms with Gasteiger partial charge >= 0.3 is 0 Å². The molecular weight excluding hydrogens is 358 g/mol. The second-order valence-electron chi connectivity index (χ2n) is 6.83. The Morgan fingerprint density at radius 3 is 2.54 bits per heavy atom. The first-order valence-electron chi connectivity index (χ1n) is 9.77. The Kier molecular flexibility index (Phi) is 8.87. The van der Waals surface area contributed by atoms with Gasteiger partial charge in [0.1, 0.15) is 11.5 Å². The molecule has 0 aliphatic carbocycles. The number of rotatable bonds is 9. The van der Waals surface area contributed by atoms with Crippen LogP contribution in [0.1, 0.15) is 25.8 Å². The van der Waals surface area contributed by atoms with E-state index < -0.39 is 0 Å². The molecule has 3 N–H and O–H groups in total. The average molecular weight is 392 g/mol. The third-order valence-electron chi connectivity index (χ3n) is 4.53. The Balaban J connectivity index is 1.87. The first-order chi connectivity index (χ1) is 13.5. The van der Waals surface area contributed by atoms with Crippen LogP contribution < -0.4 is 25.4 Å². The Bertz CT molecular complexity index is 643. The van der Waals surface area contributed by atoms with E-state index in [1.807, 2.05) is 13.0 Å². The highest BCUT2D eigenvalue weighted by atomic mass is 16.5. The number of nitrogens with one attached hydrogen (secondary N) is 3. The van der Waals surface area contributed by atoms with Crippen LogP contribution in [0.3, 0.4) is 0 Å². The van der Waals surface area contributed by atoms with Crippen molar-refractivity contribution in [2.75, 3.05) is 46.9 Å². The molecule has 0 bridgehead atoms. The van der Waals surface area contributed by atoms with E-state index in [9.17, 15) is 4.79 Å². The average Bonchev–Trinajstić information content (AvgIpc) is 3.11. The zero-order valence-corrected chi connectivity index (χ0v) is 17.4. The number of carbonyl (C=O) groups is 1. The third-order valence-corrected chi connectivity index (χ3v) is 4.53. The highest BCUT2D eigenvalue weighted by Crippen LogP contribution is 2.24. The molecule has 2 rings (SSSR count). The lowest BCUT2D eigenvalue weighted by Gasteiger charge is -2.19. The molecule has 0 spiro atoms. The fourth-order valence-electron chi connectivity index (χ4n) is 3.22. The Morgan fingerprint density at radius 1 is 1.21 bits per heavy atom. The molecule has 156 valence electrons. The summed E-state index contributed by atoms with van der Waals surface area (Å²) in [6, 6.07) is 6.33. The SMILES string of the molecule is CCNC(=NCCNC(C)=O)NC1CCN(Cc2cc(OC)cc(OC)c2)C1. The van der Waals surface area contributed by atoms with Gasteiger partial charge in [0.2, 0.25) is 5.91 Å². The third kappa shape index (κ3) is 7.26. The Labute approximate surface area is 167 Å². The summed E-state index contributed by atoms with van der Waals surface area (Å²) in [6.45, 7) is 8.25. The summed E-state index contributed by atoms with van der Waals surface area (Å²) in [7, 11) is 3.34. The number of aliphatic imine (C=N–C) groups is 1. The topological polar surface area (TPSA) is 87.2 Å². The van der Waals surface area contributed by atoms with Gasteiger partial charge in [-0.2, -0.15) is 0 Å². The van der Waals surface area contributed by atoms with E-state index in [0.717, 1.165) is 50.1 Å². The monoisotopic (exact) mass is 391 g/mol. The van der Waals surface area contributed by atoms with Crippen LogP contribution >= 0.6 is 0 Å². The molecule has 0 saturated carbocycles. The van der Waals surface area contributed by atoms with Crippen LogP contribution in [0.5, 0.6) is 11.5 Å². The summed E-state index contributed by atoms with van der Waals surface area (Å²) in [5, 5.41) is 9.53. The van der Waals surface area contributed by atoms with Gasteiger partial charge in [0.05, 0.1) is 20.8 Å². The number of amides is 1. The molecule has 1 aliphatic rings. The number of hydrogen-bond donors (Lipinski definition) is 3. The molecule has 28 heavy (non-hydrogen) atoms. The van der Waals surface area contributed by atoms with Crippen LogP contribution in [0.2, 0.25) is 0 Å². The summed E-state index contributed by atoms with van der Waals surface area (Å²) in [4.78, 5) is 17.9. The summed E-state index contributed by atoms with van der Waals surface area (Å²) in [6.07, 6.45) is 1.05. The molecule has 0 radical (unpaired) electrons. The van der Waals surface area contributed by atoms with Crippen molar-refractivity contribution in [3.8, 4) is 11.5 Å². The van der Waals surface area contributed by atoms with E-state index in [2.05, 4.69) is 38.0 Å². The van der Waals surface area contributed by atoms with E-state index in [0.29, 0.717) is 19.1 Å². The predicted molar refractivity (Wildman–Crippen MR) is 111 cm³/mol. The summed E-state index contributed by atoms with van der Waals surface area (Å²) in [5.74, 6) is 2.38. The van der Waals surface area contributed by atoms with Gasteiger partial charge in [0.25, 0.3) is 0 Å². The largest absolute Gasteiger partial charge is 0.497 e. The van der Waals surface area contributed by atoms with Crippen LogP contribution in [-0.4, -0.2) is 69.8 Å². The second-order valence-corrected chi connectivity index (χ2v) is 6.83. The summed E-state index contributed by atoms with van der Waals surface area (Å²) < 4.78 is 10.7. The predicted octanol–water partition coefficient (Wildman–Crippen LogP) is 0.969. The Morgan fingerprint density at radius 2 is 1.93 bits per heavy atom. The number of methoxy groups -OCH3 is 2. The van der Waals surface area contributed by atoms with Gasteiger partial charge in [-0.25, -0.2) is 0 Å². The number of carbonyl (C=O) groups excluding carboxylic acids is 1. The molecule has 8 nitrogen and oxygen atoms in total. The van der Waals surface area contributed by atoms with Gasteiger partial charge in [-0.1, -0.05) is 0 Å². The number of guanidine groups is 1. The van der Waals surface area contributed by atoms with Gasteiger partial charge in [-0.3, -0.25) is 14.7 Å². The van der Waals surface area contributed by atoms with E-state index in [1.54, 1.807) is 14.2 Å².